The Balaban J connectivity index is 0.00000484. The molecule has 296 valence electrons. The molecule has 0 saturated heterocycles. The van der Waals surface area contributed by atoms with Crippen molar-refractivity contribution in [3.63, 3.8) is 0 Å². The number of fused-ring (bicyclic) bond motifs is 8. The van der Waals surface area contributed by atoms with Crippen molar-refractivity contribution in [2.75, 3.05) is 28.4 Å². The Morgan fingerprint density at radius 2 is 0.525 bits per heavy atom. The van der Waals surface area contributed by atoms with E-state index < -0.39 is 0 Å². The van der Waals surface area contributed by atoms with Gasteiger partial charge in [0.2, 0.25) is 0 Å². The minimum atomic E-state index is 0. The van der Waals surface area contributed by atoms with Crippen molar-refractivity contribution in [1.82, 2.24) is 19.1 Å². The Morgan fingerprint density at radius 3 is 0.712 bits per heavy atom. The molecule has 7 aromatic rings. The monoisotopic (exact) mass is 820 g/mol. The van der Waals surface area contributed by atoms with Crippen molar-refractivity contribution in [3.05, 3.63) is 144 Å². The summed E-state index contributed by atoms with van der Waals surface area (Å²) in [4.78, 5) is 11.0. The second-order valence-electron chi connectivity index (χ2n) is 14.2. The Bertz CT molecular complexity index is 2530. The van der Waals surface area contributed by atoms with E-state index >= 15 is 0 Å². The molecule has 2 aliphatic rings. The number of nitrogens with zero attached hydrogens (tertiary/aromatic N) is 4. The number of rotatable bonds is 8. The third kappa shape index (κ3) is 6.98. The van der Waals surface area contributed by atoms with Crippen LogP contribution < -0.4 is 18.9 Å². The van der Waals surface area contributed by atoms with Gasteiger partial charge in [-0.1, -0.05) is 48.5 Å². The van der Waals surface area contributed by atoms with Gasteiger partial charge in [0, 0.05) is 52.8 Å². The van der Waals surface area contributed by atoms with Crippen molar-refractivity contribution < 1.29 is 35.4 Å². The van der Waals surface area contributed by atoms with Gasteiger partial charge in [0.25, 0.3) is 0 Å². The van der Waals surface area contributed by atoms with E-state index in [-0.39, 0.29) is 16.5 Å². The van der Waals surface area contributed by atoms with Gasteiger partial charge < -0.3 is 28.1 Å². The van der Waals surface area contributed by atoms with E-state index in [1.54, 1.807) is 28.4 Å². The number of benzene rings is 4. The molecule has 0 spiro atoms. The molecule has 0 unspecified atom stereocenters. The molecule has 8 nitrogen and oxygen atoms in total. The zero-order chi connectivity index (χ0) is 39.9. The molecule has 9 rings (SSSR count). The zero-order valence-corrected chi connectivity index (χ0v) is 34.6. The van der Waals surface area contributed by atoms with Crippen LogP contribution in [-0.2, 0) is 30.6 Å². The summed E-state index contributed by atoms with van der Waals surface area (Å²) >= 11 is 0. The number of aromatic nitrogens is 4. The van der Waals surface area contributed by atoms with Crippen LogP contribution in [-0.4, -0.2) is 47.5 Å². The van der Waals surface area contributed by atoms with E-state index in [1.165, 1.54) is 0 Å². The summed E-state index contributed by atoms with van der Waals surface area (Å²) in [6, 6.07) is 41.5. The molecule has 0 fully saturated rings. The van der Waals surface area contributed by atoms with E-state index in [9.17, 15) is 0 Å². The minimum absolute atomic E-state index is 0. The molecule has 0 amide bonds. The van der Waals surface area contributed by atoms with E-state index in [4.69, 9.17) is 28.9 Å². The number of ether oxygens (including phenoxy) is 4. The third-order valence-electron chi connectivity index (χ3n) is 11.1. The second-order valence-corrected chi connectivity index (χ2v) is 14.2. The van der Waals surface area contributed by atoms with Crippen molar-refractivity contribution in [2.24, 2.45) is 14.1 Å². The van der Waals surface area contributed by atoms with E-state index in [0.29, 0.717) is 0 Å². The number of hydrogen-bond acceptors (Lipinski definition) is 6. The van der Waals surface area contributed by atoms with Crippen molar-refractivity contribution in [2.45, 2.75) is 0 Å². The van der Waals surface area contributed by atoms with Gasteiger partial charge in [0.1, 0.15) is 23.0 Å². The fourth-order valence-corrected chi connectivity index (χ4v) is 8.05. The first-order valence-corrected chi connectivity index (χ1v) is 19.1. The molecule has 8 bridgehead atoms. The van der Waals surface area contributed by atoms with Gasteiger partial charge in [0.05, 0.1) is 73.3 Å². The first kappa shape index (κ1) is 39.0. The predicted octanol–water partition coefficient (Wildman–Crippen LogP) is 11.4. The van der Waals surface area contributed by atoms with Gasteiger partial charge in [-0.15, -0.1) is 0 Å². The van der Waals surface area contributed by atoms with Gasteiger partial charge in [-0.3, -0.25) is 0 Å². The fourth-order valence-electron chi connectivity index (χ4n) is 8.05. The quantitative estimate of drug-likeness (QED) is 0.142. The molecule has 3 aromatic heterocycles. The molecule has 9 heteroatoms. The smallest absolute Gasteiger partial charge is 0.118 e. The largest absolute Gasteiger partial charge is 0.497 e. The SMILES string of the molecule is COc1ccc(-c2c3nc(c(-c4ccc(OC)cc4)c4ccc(c(-c5ccc(OC)cc5)c5nc(c(-c6ccc(OC)cc6)c6ccc2n6C)C=C5)n4C)C=C3)cc1.[Ni]. The van der Waals surface area contributed by atoms with E-state index in [1.807, 2.05) is 48.5 Å². The third-order valence-corrected chi connectivity index (χ3v) is 11.1. The topological polar surface area (TPSA) is 72.6 Å². The summed E-state index contributed by atoms with van der Waals surface area (Å²) in [5.74, 6) is 3.15. The molecule has 0 saturated carbocycles. The average molecular weight is 822 g/mol. The van der Waals surface area contributed by atoms with E-state index in [2.05, 4.69) is 120 Å². The number of methoxy groups -OCH3 is 4. The molecule has 4 aromatic carbocycles. The average Bonchev–Trinajstić information content (AvgIpc) is 4.10. The first-order valence-electron chi connectivity index (χ1n) is 19.1. The molecule has 0 atom stereocenters. The first-order chi connectivity index (χ1) is 28.4. The van der Waals surface area contributed by atoms with Crippen molar-refractivity contribution >= 4 is 46.4 Å². The Morgan fingerprint density at radius 1 is 0.322 bits per heavy atom. The summed E-state index contributed by atoms with van der Waals surface area (Å²) in [6.07, 6.45) is 8.50. The summed E-state index contributed by atoms with van der Waals surface area (Å²) in [7, 11) is 11.0. The van der Waals surface area contributed by atoms with Crippen LogP contribution in [0.3, 0.4) is 0 Å². The standard InChI is InChI=1S/C50H42N4O4.Ni/c1-53-43-27-28-44(53)48(32-9-17-36(56-4)18-10-32)40-24-26-42(52-40)50(34-13-21-38(58-6)22-14-34)46-30-29-45(54(46)2)49(33-11-19-37(57-5)20-12-33)41-25-23-39(51-41)47(43)31-7-15-35(55-3)16-8-31;/h7-30H,1-6H3;. The molecule has 0 radical (unpaired) electrons. The van der Waals surface area contributed by atoms with Gasteiger partial charge in [0.15, 0.2) is 0 Å². The van der Waals surface area contributed by atoms with Crippen LogP contribution in [0.4, 0.5) is 0 Å². The minimum Gasteiger partial charge on any atom is -0.497 e. The van der Waals surface area contributed by atoms with Crippen LogP contribution in [0.2, 0.25) is 0 Å². The summed E-state index contributed by atoms with van der Waals surface area (Å²) in [5.41, 5.74) is 15.5. The maximum Gasteiger partial charge on any atom is 0.118 e. The van der Waals surface area contributed by atoms with Crippen LogP contribution in [0.5, 0.6) is 23.0 Å². The predicted molar refractivity (Wildman–Crippen MR) is 236 cm³/mol. The normalized spacial score (nSPS) is 11.6. The van der Waals surface area contributed by atoms with Gasteiger partial charge >= 0.3 is 0 Å². The van der Waals surface area contributed by atoms with Crippen LogP contribution in [0, 0.1) is 0 Å². The summed E-state index contributed by atoms with van der Waals surface area (Å²) in [6.45, 7) is 0. The molecule has 5 heterocycles. The number of hydrogen-bond donors (Lipinski definition) is 0. The van der Waals surface area contributed by atoms with Crippen LogP contribution in [0.15, 0.2) is 121 Å². The van der Waals surface area contributed by atoms with Gasteiger partial charge in [-0.05, 0) is 119 Å². The molecular weight excluding hydrogens is 779 g/mol. The van der Waals surface area contributed by atoms with Crippen molar-refractivity contribution in [3.8, 4) is 67.5 Å². The van der Waals surface area contributed by atoms with E-state index in [0.717, 1.165) is 112 Å². The van der Waals surface area contributed by atoms with Crippen LogP contribution in [0.1, 0.15) is 22.8 Å². The maximum atomic E-state index is 5.57. The summed E-state index contributed by atoms with van der Waals surface area (Å²) in [5, 5.41) is 0. The second kappa shape index (κ2) is 16.2. The molecule has 59 heavy (non-hydrogen) atoms. The van der Waals surface area contributed by atoms with Gasteiger partial charge in [-0.25, -0.2) is 9.97 Å². The Kier molecular flexibility index (Phi) is 10.7. The molecule has 0 aliphatic carbocycles. The number of aryl methyl sites for hydroxylation is 2. The molecule has 2 aliphatic heterocycles. The Labute approximate surface area is 353 Å². The fraction of sp³-hybridized carbons (Fsp3) is 0.120. The zero-order valence-electron chi connectivity index (χ0n) is 33.6. The van der Waals surface area contributed by atoms with Crippen LogP contribution >= 0.6 is 0 Å². The van der Waals surface area contributed by atoms with Crippen LogP contribution in [0.25, 0.3) is 90.9 Å². The maximum absolute atomic E-state index is 5.57. The van der Waals surface area contributed by atoms with Crippen molar-refractivity contribution in [1.29, 1.82) is 0 Å². The molecular formula is C50H42N4NiO4. The van der Waals surface area contributed by atoms with Gasteiger partial charge in [-0.2, -0.15) is 0 Å². The summed E-state index contributed by atoms with van der Waals surface area (Å²) < 4.78 is 26.8. The Hall–Kier alpha value is -6.83. The molecule has 0 N–H and O–H groups in total.